The van der Waals surface area contributed by atoms with Gasteiger partial charge in [0.15, 0.2) is 0 Å². The number of fused-ring (bicyclic) bond motifs is 7. The van der Waals surface area contributed by atoms with Crippen molar-refractivity contribution in [2.24, 2.45) is 0 Å². The predicted octanol–water partition coefficient (Wildman–Crippen LogP) is 8.73. The van der Waals surface area contributed by atoms with Gasteiger partial charge >= 0.3 is 0 Å². The normalized spacial score (nSPS) is 18.3. The molecule has 0 aromatic heterocycles. The van der Waals surface area contributed by atoms with Crippen LogP contribution in [0.3, 0.4) is 0 Å². The first-order chi connectivity index (χ1) is 17.6. The third kappa shape index (κ3) is 2.89. The molecule has 0 bridgehead atoms. The lowest BCUT2D eigenvalue weighted by Crippen LogP contribution is -2.31. The number of para-hydroxylation sites is 1. The summed E-state index contributed by atoms with van der Waals surface area (Å²) in [5.74, 6) is 0. The highest BCUT2D eigenvalue weighted by atomic mass is 15.1. The molecular formula is C35H31N. The summed E-state index contributed by atoms with van der Waals surface area (Å²) in [5, 5.41) is 0. The monoisotopic (exact) mass is 465 g/mol. The third-order valence-electron chi connectivity index (χ3n) is 8.14. The first kappa shape index (κ1) is 22.4. The molecule has 1 spiro atoms. The summed E-state index contributed by atoms with van der Waals surface area (Å²) in [6.07, 6.45) is 6.50. The predicted molar refractivity (Wildman–Crippen MR) is 153 cm³/mol. The molecule has 2 aliphatic rings. The molecule has 0 radical (unpaired) electrons. The summed E-state index contributed by atoms with van der Waals surface area (Å²) in [7, 11) is 2.20. The molecule has 176 valence electrons. The summed E-state index contributed by atoms with van der Waals surface area (Å²) in [6, 6.07) is 35.6. The van der Waals surface area contributed by atoms with Crippen LogP contribution in [0.25, 0.3) is 16.7 Å². The number of rotatable bonds is 5. The largest absolute Gasteiger partial charge is 0.368 e. The van der Waals surface area contributed by atoms with E-state index < -0.39 is 0 Å². The summed E-state index contributed by atoms with van der Waals surface area (Å²) in [4.78, 5) is 2.39. The molecule has 1 heteroatoms. The van der Waals surface area contributed by atoms with Crippen LogP contribution in [0.2, 0.25) is 0 Å². The van der Waals surface area contributed by atoms with E-state index in [-0.39, 0.29) is 11.5 Å². The lowest BCUT2D eigenvalue weighted by molar-refractivity contribution is 0.698. The van der Waals surface area contributed by atoms with Crippen molar-refractivity contribution < 1.29 is 0 Å². The van der Waals surface area contributed by atoms with Crippen molar-refractivity contribution >= 4 is 11.3 Å². The second-order valence-electron chi connectivity index (χ2n) is 9.76. The van der Waals surface area contributed by atoms with E-state index in [4.69, 9.17) is 0 Å². The second kappa shape index (κ2) is 8.53. The van der Waals surface area contributed by atoms with E-state index in [1.165, 1.54) is 55.8 Å². The summed E-state index contributed by atoms with van der Waals surface area (Å²) >= 11 is 0. The summed E-state index contributed by atoms with van der Waals surface area (Å²) < 4.78 is 0. The fourth-order valence-corrected chi connectivity index (χ4v) is 6.54. The molecule has 2 aliphatic carbocycles. The van der Waals surface area contributed by atoms with E-state index >= 15 is 0 Å². The number of hydrogen-bond acceptors (Lipinski definition) is 1. The quantitative estimate of drug-likeness (QED) is 0.285. The van der Waals surface area contributed by atoms with Crippen molar-refractivity contribution in [3.05, 3.63) is 155 Å². The Morgan fingerprint density at radius 2 is 1.36 bits per heavy atom. The van der Waals surface area contributed by atoms with E-state index in [0.29, 0.717) is 0 Å². The average molecular weight is 466 g/mol. The summed E-state index contributed by atoms with van der Waals surface area (Å²) in [5.41, 5.74) is 12.8. The van der Waals surface area contributed by atoms with Gasteiger partial charge in [0.25, 0.3) is 0 Å². The Morgan fingerprint density at radius 3 is 2.06 bits per heavy atom. The van der Waals surface area contributed by atoms with E-state index in [1.807, 2.05) is 0 Å². The lowest BCUT2D eigenvalue weighted by atomic mass is 9.67. The molecule has 2 unspecified atom stereocenters. The zero-order valence-corrected chi connectivity index (χ0v) is 21.2. The average Bonchev–Trinajstić information content (AvgIpc) is 3.39. The molecule has 1 nitrogen and oxygen atoms in total. The number of allylic oxidation sites excluding steroid dienone is 5. The first-order valence-electron chi connectivity index (χ1n) is 12.8. The maximum absolute atomic E-state index is 4.38. The van der Waals surface area contributed by atoms with Gasteiger partial charge in [-0.2, -0.15) is 0 Å². The highest BCUT2D eigenvalue weighted by Gasteiger charge is 2.53. The number of hydrogen-bond donors (Lipinski definition) is 0. The Morgan fingerprint density at radius 1 is 0.750 bits per heavy atom. The van der Waals surface area contributed by atoms with Crippen molar-refractivity contribution in [3.63, 3.8) is 0 Å². The van der Waals surface area contributed by atoms with Crippen LogP contribution in [0.1, 0.15) is 47.7 Å². The van der Waals surface area contributed by atoms with Crippen LogP contribution in [0.4, 0.5) is 5.69 Å². The molecule has 0 fully saturated rings. The molecule has 0 saturated heterocycles. The SMILES string of the molecule is C=CC1=C(/C=C\C)c2ccccc2C12c1ccccc1-c1cccc(C(C)N(C)c3ccccc3)c12. The maximum atomic E-state index is 4.38. The minimum atomic E-state index is -0.387. The van der Waals surface area contributed by atoms with Gasteiger partial charge in [0.05, 0.1) is 11.5 Å². The Bertz CT molecular complexity index is 1540. The van der Waals surface area contributed by atoms with Gasteiger partial charge in [-0.3, -0.25) is 0 Å². The Kier molecular flexibility index (Phi) is 5.30. The van der Waals surface area contributed by atoms with Crippen LogP contribution in [-0.2, 0) is 5.41 Å². The molecule has 2 atom stereocenters. The minimum Gasteiger partial charge on any atom is -0.368 e. The zero-order chi connectivity index (χ0) is 24.9. The van der Waals surface area contributed by atoms with Gasteiger partial charge in [-0.1, -0.05) is 110 Å². The number of anilines is 1. The standard InChI is InChI=1S/C35H31N/c1-5-15-27-28-18-10-12-22-32(28)35(31(27)6-2)33-23-13-11-19-29(33)30-21-14-20-26(34(30)35)24(3)36(4)25-16-8-7-9-17-25/h5-24H,2H2,1,3-4H3/b15-5-. The fourth-order valence-electron chi connectivity index (χ4n) is 6.54. The molecule has 0 N–H and O–H groups in total. The van der Waals surface area contributed by atoms with Gasteiger partial charge in [0.1, 0.15) is 0 Å². The molecule has 0 saturated carbocycles. The van der Waals surface area contributed by atoms with Crippen LogP contribution in [-0.4, -0.2) is 7.05 Å². The Balaban J connectivity index is 1.71. The molecule has 36 heavy (non-hydrogen) atoms. The van der Waals surface area contributed by atoms with Crippen molar-refractivity contribution in [2.45, 2.75) is 25.3 Å². The van der Waals surface area contributed by atoms with E-state index in [0.717, 1.165) is 0 Å². The summed E-state index contributed by atoms with van der Waals surface area (Å²) in [6.45, 7) is 8.80. The van der Waals surface area contributed by atoms with Crippen LogP contribution in [0, 0.1) is 0 Å². The molecule has 4 aromatic carbocycles. The number of nitrogens with zero attached hydrogens (tertiary/aromatic N) is 1. The van der Waals surface area contributed by atoms with Crippen molar-refractivity contribution in [1.29, 1.82) is 0 Å². The van der Waals surface area contributed by atoms with E-state index in [1.54, 1.807) is 0 Å². The molecule has 4 aromatic rings. The molecule has 0 heterocycles. The Labute approximate surface area is 214 Å². The van der Waals surface area contributed by atoms with Crippen molar-refractivity contribution in [2.75, 3.05) is 11.9 Å². The first-order valence-corrected chi connectivity index (χ1v) is 12.8. The van der Waals surface area contributed by atoms with Crippen molar-refractivity contribution in [3.8, 4) is 11.1 Å². The topological polar surface area (TPSA) is 3.24 Å². The van der Waals surface area contributed by atoms with Crippen LogP contribution >= 0.6 is 0 Å². The van der Waals surface area contributed by atoms with Crippen LogP contribution in [0.15, 0.2) is 127 Å². The third-order valence-corrected chi connectivity index (χ3v) is 8.14. The van der Waals surface area contributed by atoms with Gasteiger partial charge in [-0.15, -0.1) is 0 Å². The second-order valence-corrected chi connectivity index (χ2v) is 9.76. The highest BCUT2D eigenvalue weighted by Crippen LogP contribution is 2.63. The van der Waals surface area contributed by atoms with Gasteiger partial charge in [-0.25, -0.2) is 0 Å². The molecule has 6 rings (SSSR count). The smallest absolute Gasteiger partial charge is 0.0728 e. The van der Waals surface area contributed by atoms with Gasteiger partial charge in [0, 0.05) is 12.7 Å². The molecule has 0 amide bonds. The van der Waals surface area contributed by atoms with Crippen LogP contribution < -0.4 is 4.90 Å². The van der Waals surface area contributed by atoms with Crippen molar-refractivity contribution in [1.82, 2.24) is 0 Å². The van der Waals surface area contributed by atoms with E-state index in [2.05, 4.69) is 148 Å². The van der Waals surface area contributed by atoms with E-state index in [9.17, 15) is 0 Å². The lowest BCUT2D eigenvalue weighted by Gasteiger charge is -2.36. The van der Waals surface area contributed by atoms with Gasteiger partial charge in [0.2, 0.25) is 0 Å². The minimum absolute atomic E-state index is 0.178. The Hall–Kier alpha value is -4.10. The molecule has 0 aliphatic heterocycles. The number of benzene rings is 4. The highest BCUT2D eigenvalue weighted by molar-refractivity contribution is 5.98. The zero-order valence-electron chi connectivity index (χ0n) is 21.2. The van der Waals surface area contributed by atoms with Gasteiger partial charge < -0.3 is 4.90 Å². The van der Waals surface area contributed by atoms with Crippen LogP contribution in [0.5, 0.6) is 0 Å². The maximum Gasteiger partial charge on any atom is 0.0728 e. The molecular weight excluding hydrogens is 434 g/mol. The van der Waals surface area contributed by atoms with Gasteiger partial charge in [-0.05, 0) is 76.1 Å². The fraction of sp³-hybridized carbons (Fsp3) is 0.143.